The number of rotatable bonds is 3. The highest BCUT2D eigenvalue weighted by Crippen LogP contribution is 2.15. The summed E-state index contributed by atoms with van der Waals surface area (Å²) in [7, 11) is 0. The predicted octanol–water partition coefficient (Wildman–Crippen LogP) is 1.65. The molecule has 0 aliphatic rings. The van der Waals surface area contributed by atoms with Crippen molar-refractivity contribution in [3.63, 3.8) is 0 Å². The molecule has 90 valence electrons. The van der Waals surface area contributed by atoms with Crippen LogP contribution in [0.25, 0.3) is 0 Å². The molecule has 5 nitrogen and oxygen atoms in total. The maximum atomic E-state index is 11.9. The molecule has 0 unspecified atom stereocenters. The van der Waals surface area contributed by atoms with Gasteiger partial charge in [0.2, 0.25) is 0 Å². The monoisotopic (exact) mass is 243 g/mol. The summed E-state index contributed by atoms with van der Waals surface area (Å²) in [5.74, 6) is -0.562. The molecule has 0 bridgehead atoms. The van der Waals surface area contributed by atoms with Gasteiger partial charge in [-0.3, -0.25) is 5.32 Å². The lowest BCUT2D eigenvalue weighted by molar-refractivity contribution is -0.101. The number of nitrogens with one attached hydrogen (secondary N) is 1. The second kappa shape index (κ2) is 4.40. The van der Waals surface area contributed by atoms with Crippen LogP contribution in [0.1, 0.15) is 5.56 Å². The van der Waals surface area contributed by atoms with E-state index < -0.39 is 12.2 Å². The number of anilines is 1. The van der Waals surface area contributed by atoms with Crippen LogP contribution in [0.4, 0.5) is 19.1 Å². The molecular formula is C9H8F3N5. The Morgan fingerprint density at radius 1 is 1.18 bits per heavy atom. The van der Waals surface area contributed by atoms with E-state index in [0.29, 0.717) is 0 Å². The summed E-state index contributed by atoms with van der Waals surface area (Å²) >= 11 is 0. The summed E-state index contributed by atoms with van der Waals surface area (Å²) in [6, 6.07) is 9.12. The summed E-state index contributed by atoms with van der Waals surface area (Å²) in [6.45, 7) is 0.271. The van der Waals surface area contributed by atoms with Crippen LogP contribution < -0.4 is 5.32 Å². The first-order valence-electron chi connectivity index (χ1n) is 4.69. The number of tetrazole rings is 1. The van der Waals surface area contributed by atoms with Crippen LogP contribution in [0.15, 0.2) is 30.3 Å². The van der Waals surface area contributed by atoms with Gasteiger partial charge in [0.05, 0.1) is 6.54 Å². The van der Waals surface area contributed by atoms with Crippen molar-refractivity contribution in [1.82, 2.24) is 20.2 Å². The summed E-state index contributed by atoms with van der Waals surface area (Å²) in [4.78, 5) is 1.09. The first kappa shape index (κ1) is 11.4. The average molecular weight is 243 g/mol. The summed E-state index contributed by atoms with van der Waals surface area (Å²) in [6.07, 6.45) is -4.55. The van der Waals surface area contributed by atoms with Gasteiger partial charge in [-0.2, -0.15) is 18.0 Å². The molecular weight excluding hydrogens is 235 g/mol. The molecule has 0 spiro atoms. The van der Waals surface area contributed by atoms with Gasteiger partial charge in [-0.05, 0) is 10.8 Å². The van der Waals surface area contributed by atoms with E-state index in [9.17, 15) is 13.2 Å². The Kier molecular flexibility index (Phi) is 2.94. The van der Waals surface area contributed by atoms with Crippen molar-refractivity contribution in [1.29, 1.82) is 0 Å². The molecule has 2 rings (SSSR count). The number of halogens is 3. The van der Waals surface area contributed by atoms with Gasteiger partial charge >= 0.3 is 6.30 Å². The molecule has 0 aliphatic carbocycles. The highest BCUT2D eigenvalue weighted by atomic mass is 19.4. The van der Waals surface area contributed by atoms with Gasteiger partial charge in [-0.25, -0.2) is 0 Å². The Bertz CT molecular complexity index is 479. The maximum Gasteiger partial charge on any atom is 0.484 e. The molecule has 0 saturated carbocycles. The molecule has 2 aromatic rings. The fourth-order valence-corrected chi connectivity index (χ4v) is 1.23. The minimum Gasteiger partial charge on any atom is -0.263 e. The van der Waals surface area contributed by atoms with Crippen molar-refractivity contribution in [2.45, 2.75) is 12.8 Å². The second-order valence-corrected chi connectivity index (χ2v) is 3.25. The summed E-state index contributed by atoms with van der Waals surface area (Å²) in [5.41, 5.74) is 0.878. The highest BCUT2D eigenvalue weighted by molar-refractivity contribution is 5.20. The quantitative estimate of drug-likeness (QED) is 0.833. The van der Waals surface area contributed by atoms with Crippen LogP contribution in [0, 0.1) is 0 Å². The Morgan fingerprint density at radius 3 is 2.53 bits per heavy atom. The van der Waals surface area contributed by atoms with E-state index in [4.69, 9.17) is 0 Å². The third-order valence-corrected chi connectivity index (χ3v) is 1.87. The summed E-state index contributed by atoms with van der Waals surface area (Å²) in [5, 5.41) is 11.5. The van der Waals surface area contributed by atoms with Crippen molar-refractivity contribution in [3.05, 3.63) is 35.9 Å². The molecule has 17 heavy (non-hydrogen) atoms. The maximum absolute atomic E-state index is 11.9. The lowest BCUT2D eigenvalue weighted by atomic mass is 10.2. The van der Waals surface area contributed by atoms with Crippen molar-refractivity contribution in [2.24, 2.45) is 0 Å². The number of aromatic nitrogens is 4. The van der Waals surface area contributed by atoms with Gasteiger partial charge in [0, 0.05) is 0 Å². The zero-order chi connectivity index (χ0) is 12.3. The van der Waals surface area contributed by atoms with Gasteiger partial charge in [0.1, 0.15) is 0 Å². The fourth-order valence-electron chi connectivity index (χ4n) is 1.23. The molecule has 8 heteroatoms. The molecule has 1 N–H and O–H groups in total. The lowest BCUT2D eigenvalue weighted by Crippen LogP contribution is -2.21. The third kappa shape index (κ3) is 3.44. The smallest absolute Gasteiger partial charge is 0.263 e. The van der Waals surface area contributed by atoms with Gasteiger partial charge in [-0.15, -0.1) is 5.10 Å². The van der Waals surface area contributed by atoms with Crippen LogP contribution >= 0.6 is 0 Å². The molecule has 1 heterocycles. The van der Waals surface area contributed by atoms with Crippen molar-refractivity contribution < 1.29 is 13.2 Å². The number of benzene rings is 1. The second-order valence-electron chi connectivity index (χ2n) is 3.25. The first-order chi connectivity index (χ1) is 8.03. The standard InChI is InChI=1S/C9H8F3N5/c10-9(11,12)13-8-14-16-17(15-8)6-7-4-2-1-3-5-7/h1-5H,6H2,(H,13,15). The van der Waals surface area contributed by atoms with Crippen LogP contribution in [0.3, 0.4) is 0 Å². The van der Waals surface area contributed by atoms with E-state index in [1.807, 2.05) is 30.3 Å². The molecule has 0 fully saturated rings. The first-order valence-corrected chi connectivity index (χ1v) is 4.69. The van der Waals surface area contributed by atoms with Gasteiger partial charge in [-0.1, -0.05) is 35.4 Å². The number of hydrogen-bond acceptors (Lipinski definition) is 4. The summed E-state index contributed by atoms with van der Waals surface area (Å²) < 4.78 is 35.8. The minimum atomic E-state index is -4.55. The molecule has 0 aliphatic heterocycles. The molecule has 0 radical (unpaired) electrons. The zero-order valence-corrected chi connectivity index (χ0v) is 8.52. The zero-order valence-electron chi connectivity index (χ0n) is 8.52. The SMILES string of the molecule is FC(F)(F)Nc1nnn(Cc2ccccc2)n1. The Labute approximate surface area is 94.2 Å². The highest BCUT2D eigenvalue weighted by Gasteiger charge is 2.29. The van der Waals surface area contributed by atoms with E-state index in [1.54, 1.807) is 0 Å². The molecule has 0 atom stereocenters. The van der Waals surface area contributed by atoms with E-state index in [2.05, 4.69) is 15.4 Å². The predicted molar refractivity (Wildman–Crippen MR) is 53.0 cm³/mol. The average Bonchev–Trinajstić information content (AvgIpc) is 2.64. The Balaban J connectivity index is 2.04. The van der Waals surface area contributed by atoms with Gasteiger partial charge in [0.25, 0.3) is 5.95 Å². The van der Waals surface area contributed by atoms with Crippen LogP contribution in [-0.4, -0.2) is 26.5 Å². The van der Waals surface area contributed by atoms with E-state index >= 15 is 0 Å². The third-order valence-electron chi connectivity index (χ3n) is 1.87. The van der Waals surface area contributed by atoms with Gasteiger partial charge < -0.3 is 0 Å². The van der Waals surface area contributed by atoms with Crippen LogP contribution in [-0.2, 0) is 6.54 Å². The van der Waals surface area contributed by atoms with Crippen molar-refractivity contribution >= 4 is 5.95 Å². The normalized spacial score (nSPS) is 11.5. The van der Waals surface area contributed by atoms with Crippen molar-refractivity contribution in [2.75, 3.05) is 5.32 Å². The van der Waals surface area contributed by atoms with Crippen LogP contribution in [0.2, 0.25) is 0 Å². The minimum absolute atomic E-state index is 0.271. The Hall–Kier alpha value is -2.12. The van der Waals surface area contributed by atoms with E-state index in [0.717, 1.165) is 10.4 Å². The largest absolute Gasteiger partial charge is 0.484 e. The van der Waals surface area contributed by atoms with Crippen molar-refractivity contribution in [3.8, 4) is 0 Å². The molecule has 0 amide bonds. The molecule has 0 saturated heterocycles. The molecule has 1 aromatic carbocycles. The fraction of sp³-hybridized carbons (Fsp3) is 0.222. The Morgan fingerprint density at radius 2 is 1.88 bits per heavy atom. The van der Waals surface area contributed by atoms with Gasteiger partial charge in [0.15, 0.2) is 0 Å². The van der Waals surface area contributed by atoms with E-state index in [-0.39, 0.29) is 6.54 Å². The topological polar surface area (TPSA) is 55.6 Å². The lowest BCUT2D eigenvalue weighted by Gasteiger charge is -2.03. The van der Waals surface area contributed by atoms with E-state index in [1.165, 1.54) is 5.32 Å². The number of hydrogen-bond donors (Lipinski definition) is 1. The number of nitrogens with zero attached hydrogens (tertiary/aromatic N) is 4. The van der Waals surface area contributed by atoms with Crippen LogP contribution in [0.5, 0.6) is 0 Å². The number of alkyl halides is 3. The molecule has 1 aromatic heterocycles.